The van der Waals surface area contributed by atoms with Crippen molar-refractivity contribution < 1.29 is 28.2 Å². The summed E-state index contributed by atoms with van der Waals surface area (Å²) in [5.74, 6) is -6.21. The predicted molar refractivity (Wildman–Crippen MR) is 54.5 cm³/mol. The Balaban J connectivity index is 3.35. The van der Waals surface area contributed by atoms with E-state index in [2.05, 4.69) is 0 Å². The number of carboxylic acids is 1. The van der Waals surface area contributed by atoms with Crippen LogP contribution in [0.4, 0.5) is 8.78 Å². The van der Waals surface area contributed by atoms with E-state index in [0.717, 1.165) is 18.2 Å². The number of ketones is 1. The van der Waals surface area contributed by atoms with Gasteiger partial charge in [-0.15, -0.1) is 0 Å². The minimum atomic E-state index is -3.15. The van der Waals surface area contributed by atoms with Crippen LogP contribution in [-0.4, -0.2) is 24.0 Å². The van der Waals surface area contributed by atoms with E-state index < -0.39 is 23.2 Å². The van der Waals surface area contributed by atoms with Gasteiger partial charge in [-0.1, -0.05) is 0 Å². The van der Waals surface area contributed by atoms with E-state index in [1.165, 1.54) is 7.11 Å². The molecule has 0 saturated heterocycles. The maximum absolute atomic E-state index is 13.0. The van der Waals surface area contributed by atoms with E-state index >= 15 is 0 Å². The first-order valence-corrected chi connectivity index (χ1v) is 4.61. The van der Waals surface area contributed by atoms with Crippen molar-refractivity contribution in [2.75, 3.05) is 7.11 Å². The summed E-state index contributed by atoms with van der Waals surface area (Å²) in [6.07, 6.45) is 0. The van der Waals surface area contributed by atoms with Gasteiger partial charge in [0.05, 0.1) is 12.7 Å². The number of methoxy groups -OCH3 is 1. The van der Waals surface area contributed by atoms with E-state index in [-0.39, 0.29) is 11.3 Å². The first kappa shape index (κ1) is 13.1. The quantitative estimate of drug-likeness (QED) is 0.650. The highest BCUT2D eigenvalue weighted by atomic mass is 19.3. The van der Waals surface area contributed by atoms with Crippen molar-refractivity contribution in [3.05, 3.63) is 29.3 Å². The molecule has 0 fully saturated rings. The Hall–Kier alpha value is -1.98. The lowest BCUT2D eigenvalue weighted by Gasteiger charge is -2.13. The minimum Gasteiger partial charge on any atom is -0.496 e. The Bertz CT molecular complexity index is 463. The number of hydrogen-bond acceptors (Lipinski definition) is 3. The molecule has 17 heavy (non-hydrogen) atoms. The molecule has 6 heteroatoms. The Morgan fingerprint density at radius 1 is 1.35 bits per heavy atom. The summed E-state index contributed by atoms with van der Waals surface area (Å²) in [7, 11) is 1.22. The average molecular weight is 244 g/mol. The topological polar surface area (TPSA) is 63.6 Å². The predicted octanol–water partition coefficient (Wildman–Crippen LogP) is 2.07. The number of carboxylic acid groups (broad SMARTS) is 1. The van der Waals surface area contributed by atoms with Gasteiger partial charge in [-0.3, -0.25) is 4.79 Å². The zero-order valence-corrected chi connectivity index (χ0v) is 9.16. The third-order valence-corrected chi connectivity index (χ3v) is 2.15. The molecule has 0 heterocycles. The second kappa shape index (κ2) is 4.48. The van der Waals surface area contributed by atoms with Crippen molar-refractivity contribution in [3.63, 3.8) is 0 Å². The maximum Gasteiger partial charge on any atom is 0.377 e. The van der Waals surface area contributed by atoms with Crippen LogP contribution in [0.15, 0.2) is 18.2 Å². The summed E-state index contributed by atoms with van der Waals surface area (Å²) in [5, 5.41) is 8.56. The Morgan fingerprint density at radius 3 is 2.35 bits per heavy atom. The number of rotatable bonds is 4. The smallest absolute Gasteiger partial charge is 0.377 e. The third-order valence-electron chi connectivity index (χ3n) is 2.15. The van der Waals surface area contributed by atoms with Crippen LogP contribution in [0.3, 0.4) is 0 Å². The van der Waals surface area contributed by atoms with Gasteiger partial charge in [0.25, 0.3) is 11.7 Å². The molecule has 0 radical (unpaired) electrons. The van der Waals surface area contributed by atoms with Crippen molar-refractivity contribution >= 4 is 11.8 Å². The zero-order valence-electron chi connectivity index (χ0n) is 9.16. The van der Waals surface area contributed by atoms with Crippen LogP contribution in [0.5, 0.6) is 5.75 Å². The van der Waals surface area contributed by atoms with Crippen molar-refractivity contribution in [2.24, 2.45) is 0 Å². The molecule has 0 aliphatic heterocycles. The Morgan fingerprint density at radius 2 is 1.94 bits per heavy atom. The van der Waals surface area contributed by atoms with E-state index in [1.54, 1.807) is 0 Å². The van der Waals surface area contributed by atoms with Crippen LogP contribution in [0.2, 0.25) is 0 Å². The highest BCUT2D eigenvalue weighted by Crippen LogP contribution is 2.31. The van der Waals surface area contributed by atoms with Gasteiger partial charge in [0.1, 0.15) is 5.75 Å². The number of Topliss-reactive ketones (excluding diaryl/α,β-unsaturated/α-hetero) is 1. The van der Waals surface area contributed by atoms with Gasteiger partial charge in [0, 0.05) is 12.5 Å². The van der Waals surface area contributed by atoms with Gasteiger partial charge >= 0.3 is 5.97 Å². The fourth-order valence-electron chi connectivity index (χ4n) is 1.27. The maximum atomic E-state index is 13.0. The summed E-state index contributed by atoms with van der Waals surface area (Å²) in [6, 6.07) is 3.05. The molecule has 0 aliphatic rings. The van der Waals surface area contributed by atoms with Gasteiger partial charge < -0.3 is 9.84 Å². The lowest BCUT2D eigenvalue weighted by atomic mass is 10.0. The van der Waals surface area contributed by atoms with Crippen LogP contribution in [-0.2, 0) is 10.7 Å². The fraction of sp³-hybridized carbons (Fsp3) is 0.273. The second-order valence-corrected chi connectivity index (χ2v) is 3.44. The molecule has 1 aromatic rings. The summed E-state index contributed by atoms with van der Waals surface area (Å²) in [4.78, 5) is 21.8. The molecule has 0 unspecified atom stereocenters. The number of halogens is 2. The zero-order chi connectivity index (χ0) is 13.2. The summed E-state index contributed by atoms with van der Waals surface area (Å²) in [6.45, 7) is 0.657. The molecule has 1 N–H and O–H groups in total. The second-order valence-electron chi connectivity index (χ2n) is 3.44. The van der Waals surface area contributed by atoms with Crippen LogP contribution in [0, 0.1) is 0 Å². The molecule has 0 spiro atoms. The average Bonchev–Trinajstić information content (AvgIpc) is 2.25. The molecular weight excluding hydrogens is 234 g/mol. The fourth-order valence-corrected chi connectivity index (χ4v) is 1.27. The molecule has 4 nitrogen and oxygen atoms in total. The van der Waals surface area contributed by atoms with Crippen molar-refractivity contribution in [1.82, 2.24) is 0 Å². The standard InChI is InChI=1S/C11H10F2O4/c1-11(12,13)6-3-4-8(17-2)7(5-6)9(14)10(15)16/h3-5H,1-2H3,(H,15,16). The highest BCUT2D eigenvalue weighted by Gasteiger charge is 2.28. The monoisotopic (exact) mass is 244 g/mol. The number of benzene rings is 1. The molecule has 1 rings (SSSR count). The van der Waals surface area contributed by atoms with E-state index in [0.29, 0.717) is 6.92 Å². The minimum absolute atomic E-state index is 0.0506. The largest absolute Gasteiger partial charge is 0.496 e. The van der Waals surface area contributed by atoms with Crippen molar-refractivity contribution in [1.29, 1.82) is 0 Å². The van der Waals surface area contributed by atoms with Crippen LogP contribution in [0.1, 0.15) is 22.8 Å². The third kappa shape index (κ3) is 2.77. The molecular formula is C11H10F2O4. The van der Waals surface area contributed by atoms with E-state index in [9.17, 15) is 18.4 Å². The molecule has 0 atom stereocenters. The number of carbonyl (C=O) groups excluding carboxylic acids is 1. The Labute approximate surface area is 95.8 Å². The highest BCUT2D eigenvalue weighted by molar-refractivity contribution is 6.40. The number of ether oxygens (including phenoxy) is 1. The summed E-state index contributed by atoms with van der Waals surface area (Å²) < 4.78 is 30.8. The van der Waals surface area contributed by atoms with Crippen molar-refractivity contribution in [2.45, 2.75) is 12.8 Å². The number of aliphatic carboxylic acids is 1. The molecule has 0 bridgehead atoms. The normalized spacial score (nSPS) is 11.1. The van der Waals surface area contributed by atoms with Gasteiger partial charge in [-0.2, -0.15) is 0 Å². The van der Waals surface area contributed by atoms with Crippen LogP contribution in [0.25, 0.3) is 0 Å². The molecule has 0 aliphatic carbocycles. The lowest BCUT2D eigenvalue weighted by Crippen LogP contribution is -2.16. The molecule has 1 aromatic carbocycles. The van der Waals surface area contributed by atoms with Crippen LogP contribution >= 0.6 is 0 Å². The number of hydrogen-bond donors (Lipinski definition) is 1. The van der Waals surface area contributed by atoms with Crippen molar-refractivity contribution in [3.8, 4) is 5.75 Å². The first-order valence-electron chi connectivity index (χ1n) is 4.61. The SMILES string of the molecule is COc1ccc(C(C)(F)F)cc1C(=O)C(=O)O. The molecule has 0 amide bonds. The Kier molecular flexibility index (Phi) is 3.45. The molecule has 0 aromatic heterocycles. The summed E-state index contributed by atoms with van der Waals surface area (Å²) >= 11 is 0. The van der Waals surface area contributed by atoms with Gasteiger partial charge in [-0.25, -0.2) is 13.6 Å². The van der Waals surface area contributed by atoms with E-state index in [4.69, 9.17) is 9.84 Å². The molecule has 92 valence electrons. The van der Waals surface area contributed by atoms with Gasteiger partial charge in [-0.05, 0) is 18.2 Å². The van der Waals surface area contributed by atoms with Crippen LogP contribution < -0.4 is 4.74 Å². The number of alkyl halides is 2. The first-order chi connectivity index (χ1) is 7.77. The number of carbonyl (C=O) groups is 2. The van der Waals surface area contributed by atoms with Gasteiger partial charge in [0.15, 0.2) is 0 Å². The van der Waals surface area contributed by atoms with Gasteiger partial charge in [0.2, 0.25) is 0 Å². The van der Waals surface area contributed by atoms with E-state index in [1.807, 2.05) is 0 Å². The molecule has 0 saturated carbocycles. The summed E-state index contributed by atoms with van der Waals surface area (Å²) in [5.41, 5.74) is -0.832. The lowest BCUT2D eigenvalue weighted by molar-refractivity contribution is -0.131.